The fraction of sp³-hybridized carbons (Fsp3) is 0.353. The first-order valence-corrected chi connectivity index (χ1v) is 23.6. The third kappa shape index (κ3) is 8.79. The molecule has 0 radical (unpaired) electrons. The van der Waals surface area contributed by atoms with Crippen molar-refractivity contribution in [3.05, 3.63) is 129 Å². The van der Waals surface area contributed by atoms with E-state index in [-0.39, 0.29) is 58.2 Å². The number of fused-ring (bicyclic) bond motifs is 2. The number of aromatic nitrogens is 6. The van der Waals surface area contributed by atoms with E-state index in [2.05, 4.69) is 20.6 Å². The number of imidazole rings is 1. The molecule has 3 fully saturated rings. The molecule has 2 saturated heterocycles. The van der Waals surface area contributed by atoms with Gasteiger partial charge in [0.15, 0.2) is 0 Å². The van der Waals surface area contributed by atoms with Gasteiger partial charge in [0.1, 0.15) is 18.2 Å². The number of nitrogens with zero attached hydrogens (tertiary/aromatic N) is 7. The van der Waals surface area contributed by atoms with Gasteiger partial charge in [0.2, 0.25) is 11.8 Å². The van der Waals surface area contributed by atoms with Gasteiger partial charge < -0.3 is 20.5 Å². The lowest BCUT2D eigenvalue weighted by molar-refractivity contribution is -0.138. The van der Waals surface area contributed by atoms with E-state index in [4.69, 9.17) is 5.73 Å². The highest BCUT2D eigenvalue weighted by atomic mass is 19.4. The standard InChI is InChI=1S/C51H50F4N10O6/c1-60-43-25-36(12-14-40(43)65(49(60)70)41-15-16-44(66)59-48(41)69)62-19-17-30(18-20-62)29-5-3-28(4-6-29)26-63-42(31-7-10-35(11-8-31)64-27-57-61(2)50(64)71)22-32-21-33(51(53,54)55)23-38(45(32)63)47(68)58-34-9-13-39(52)37(24-34)46(56)67/h7-14,21-25,27-30,41H,3-6,15-20,26H2,1-2H3,(H2,56,67)(H,58,68)(H,59,66,69). The lowest BCUT2D eigenvalue weighted by atomic mass is 9.72. The van der Waals surface area contributed by atoms with Crippen LogP contribution in [0.2, 0.25) is 0 Å². The Kier molecular flexibility index (Phi) is 12.0. The summed E-state index contributed by atoms with van der Waals surface area (Å²) in [5.74, 6) is -2.68. The molecule has 20 heteroatoms. The predicted octanol–water partition coefficient (Wildman–Crippen LogP) is 7.06. The maximum absolute atomic E-state index is 14.6. The number of benzene rings is 4. The number of rotatable bonds is 10. The summed E-state index contributed by atoms with van der Waals surface area (Å²) in [6.07, 6.45) is 2.50. The number of primary amides is 1. The smallest absolute Gasteiger partial charge is 0.371 e. The minimum Gasteiger partial charge on any atom is -0.371 e. The van der Waals surface area contributed by atoms with Gasteiger partial charge in [-0.15, -0.1) is 0 Å². The van der Waals surface area contributed by atoms with Crippen molar-refractivity contribution in [3.8, 4) is 16.9 Å². The van der Waals surface area contributed by atoms with Gasteiger partial charge in [-0.25, -0.2) is 23.2 Å². The summed E-state index contributed by atoms with van der Waals surface area (Å²) in [6, 6.07) is 18.7. The van der Waals surface area contributed by atoms with Gasteiger partial charge in [0.05, 0.1) is 38.9 Å². The number of anilines is 2. The number of halogens is 4. The molecular weight excluding hydrogens is 925 g/mol. The third-order valence-corrected chi connectivity index (χ3v) is 14.8. The number of imide groups is 1. The van der Waals surface area contributed by atoms with E-state index in [0.717, 1.165) is 81.6 Å². The highest BCUT2D eigenvalue weighted by Gasteiger charge is 2.36. The molecular formula is C51H50F4N10O6. The van der Waals surface area contributed by atoms with Gasteiger partial charge in [-0.1, -0.05) is 12.1 Å². The fourth-order valence-corrected chi connectivity index (χ4v) is 11.0. The molecule has 2 aliphatic heterocycles. The Labute approximate surface area is 402 Å². The van der Waals surface area contributed by atoms with Crippen LogP contribution in [0.5, 0.6) is 0 Å². The Balaban J connectivity index is 0.899. The van der Waals surface area contributed by atoms with Gasteiger partial charge >= 0.3 is 17.6 Å². The molecule has 7 aromatic rings. The monoisotopic (exact) mass is 974 g/mol. The Morgan fingerprint density at radius 2 is 1.49 bits per heavy atom. The first-order chi connectivity index (χ1) is 33.9. The van der Waals surface area contributed by atoms with Crippen molar-refractivity contribution < 1.29 is 36.7 Å². The van der Waals surface area contributed by atoms with Crippen molar-refractivity contribution in [2.24, 2.45) is 37.6 Å². The molecule has 368 valence electrons. The van der Waals surface area contributed by atoms with Crippen molar-refractivity contribution >= 4 is 56.9 Å². The summed E-state index contributed by atoms with van der Waals surface area (Å²) in [7, 11) is 3.21. The molecule has 4 aromatic carbocycles. The van der Waals surface area contributed by atoms with Crippen LogP contribution in [0.15, 0.2) is 94.8 Å². The minimum atomic E-state index is -4.81. The summed E-state index contributed by atoms with van der Waals surface area (Å²) < 4.78 is 65.6. The molecule has 4 N–H and O–H groups in total. The number of nitrogens with two attached hydrogens (primary N) is 1. The van der Waals surface area contributed by atoms with Crippen LogP contribution in [0, 0.1) is 23.6 Å². The summed E-state index contributed by atoms with van der Waals surface area (Å²) in [5.41, 5.74) is 7.16. The second-order valence-corrected chi connectivity index (χ2v) is 19.0. The van der Waals surface area contributed by atoms with E-state index in [1.165, 1.54) is 33.3 Å². The second-order valence-electron chi connectivity index (χ2n) is 19.0. The molecule has 1 atom stereocenters. The number of aryl methyl sites for hydroxylation is 2. The molecule has 1 saturated carbocycles. The van der Waals surface area contributed by atoms with Crippen LogP contribution in [0.1, 0.15) is 83.7 Å². The van der Waals surface area contributed by atoms with E-state index in [0.29, 0.717) is 46.4 Å². The number of hydrogen-bond donors (Lipinski definition) is 3. The number of nitrogens with one attached hydrogen (secondary N) is 2. The van der Waals surface area contributed by atoms with Gasteiger partial charge in [0.25, 0.3) is 11.8 Å². The highest BCUT2D eigenvalue weighted by Crippen LogP contribution is 2.42. The molecule has 0 spiro atoms. The number of hydrogen-bond acceptors (Lipinski definition) is 8. The third-order valence-electron chi connectivity index (χ3n) is 14.8. The van der Waals surface area contributed by atoms with Crippen molar-refractivity contribution in [1.29, 1.82) is 0 Å². The Hall–Kier alpha value is -7.77. The number of carbonyl (C=O) groups excluding carboxylic acids is 4. The van der Waals surface area contributed by atoms with Crippen LogP contribution in [0.25, 0.3) is 38.9 Å². The molecule has 1 unspecified atom stereocenters. The molecule has 3 aromatic heterocycles. The van der Waals surface area contributed by atoms with Crippen LogP contribution in [-0.2, 0) is 36.4 Å². The summed E-state index contributed by atoms with van der Waals surface area (Å²) >= 11 is 0. The van der Waals surface area contributed by atoms with E-state index < -0.39 is 46.9 Å². The zero-order valence-electron chi connectivity index (χ0n) is 38.8. The quantitative estimate of drug-likeness (QED) is 0.0958. The van der Waals surface area contributed by atoms with Gasteiger partial charge in [-0.2, -0.15) is 18.3 Å². The fourth-order valence-electron chi connectivity index (χ4n) is 11.0. The Morgan fingerprint density at radius 3 is 2.15 bits per heavy atom. The van der Waals surface area contributed by atoms with E-state index >= 15 is 0 Å². The van der Waals surface area contributed by atoms with Crippen LogP contribution in [0.4, 0.5) is 28.9 Å². The molecule has 10 rings (SSSR count). The Morgan fingerprint density at radius 1 is 0.789 bits per heavy atom. The lowest BCUT2D eigenvalue weighted by Gasteiger charge is -2.40. The largest absolute Gasteiger partial charge is 0.416 e. The normalized spacial score (nSPS) is 19.1. The highest BCUT2D eigenvalue weighted by molar-refractivity contribution is 6.13. The van der Waals surface area contributed by atoms with E-state index in [9.17, 15) is 46.3 Å². The van der Waals surface area contributed by atoms with Gasteiger partial charge in [-0.05, 0) is 135 Å². The molecule has 3 aliphatic rings. The molecule has 71 heavy (non-hydrogen) atoms. The maximum Gasteiger partial charge on any atom is 0.416 e. The van der Waals surface area contributed by atoms with E-state index in [1.54, 1.807) is 41.9 Å². The molecule has 5 heterocycles. The second kappa shape index (κ2) is 18.2. The van der Waals surface area contributed by atoms with E-state index in [1.807, 2.05) is 22.8 Å². The number of carbonyl (C=O) groups is 4. The molecule has 16 nitrogen and oxygen atoms in total. The van der Waals surface area contributed by atoms with Crippen LogP contribution in [0.3, 0.4) is 0 Å². The first-order valence-electron chi connectivity index (χ1n) is 23.6. The van der Waals surface area contributed by atoms with Crippen molar-refractivity contribution in [1.82, 2.24) is 33.4 Å². The summed E-state index contributed by atoms with van der Waals surface area (Å²) in [6.45, 7) is 2.02. The summed E-state index contributed by atoms with van der Waals surface area (Å²) in [5, 5.41) is 9.13. The predicted molar refractivity (Wildman–Crippen MR) is 257 cm³/mol. The maximum atomic E-state index is 14.6. The van der Waals surface area contributed by atoms with Crippen molar-refractivity contribution in [2.75, 3.05) is 23.3 Å². The minimum absolute atomic E-state index is 0.0331. The van der Waals surface area contributed by atoms with Gasteiger partial charge in [0, 0.05) is 62.6 Å². The van der Waals surface area contributed by atoms with Crippen LogP contribution in [-0.4, -0.2) is 64.8 Å². The van der Waals surface area contributed by atoms with Crippen molar-refractivity contribution in [2.45, 2.75) is 70.1 Å². The molecule has 1 aliphatic carbocycles. The number of alkyl halides is 3. The van der Waals surface area contributed by atoms with Crippen LogP contribution >= 0.6 is 0 Å². The van der Waals surface area contributed by atoms with Crippen LogP contribution < -0.4 is 32.6 Å². The zero-order chi connectivity index (χ0) is 50.0. The number of amides is 4. The average Bonchev–Trinajstić information content (AvgIpc) is 3.97. The van der Waals surface area contributed by atoms with Crippen molar-refractivity contribution in [3.63, 3.8) is 0 Å². The Bertz CT molecular complexity index is 3400. The van der Waals surface area contributed by atoms with Gasteiger partial charge in [-0.3, -0.25) is 33.6 Å². The summed E-state index contributed by atoms with van der Waals surface area (Å²) in [4.78, 5) is 79.1. The first kappa shape index (κ1) is 46.9. The SMILES string of the molecule is Cn1ncn(-c2ccc(-c3cc4cc(C(F)(F)F)cc(C(=O)Nc5ccc(F)c(C(N)=O)c5)c4n3CC3CCC(C4CCN(c5ccc6c(c5)n(C)c(=O)n6C5CCC(=O)NC5=O)CC4)CC3)cc2)c1=O. The topological polar surface area (TPSA) is 193 Å². The average molecular weight is 975 g/mol. The zero-order valence-corrected chi connectivity index (χ0v) is 38.8. The number of piperidine rings is 2. The molecule has 4 amide bonds. The lowest BCUT2D eigenvalue weighted by Crippen LogP contribution is -2.44. The molecule has 0 bridgehead atoms.